The number of benzene rings is 2. The summed E-state index contributed by atoms with van der Waals surface area (Å²) in [6, 6.07) is 13.6. The van der Waals surface area contributed by atoms with Gasteiger partial charge in [0.1, 0.15) is 0 Å². The molecule has 0 aromatic heterocycles. The molecule has 2 aromatic carbocycles. The van der Waals surface area contributed by atoms with Gasteiger partial charge in [-0.2, -0.15) is 5.26 Å². The van der Waals surface area contributed by atoms with E-state index in [1.165, 1.54) is 13.0 Å². The molecule has 0 radical (unpaired) electrons. The van der Waals surface area contributed by atoms with Crippen LogP contribution in [-0.2, 0) is 20.7 Å². The molecule has 134 valence electrons. The van der Waals surface area contributed by atoms with Gasteiger partial charge >= 0.3 is 5.97 Å². The fraction of sp³-hybridized carbons (Fsp3) is 0.211. The zero-order chi connectivity index (χ0) is 19.1. The number of ether oxygens (including phenoxy) is 1. The highest BCUT2D eigenvalue weighted by molar-refractivity contribution is 6.35. The molecule has 26 heavy (non-hydrogen) atoms. The summed E-state index contributed by atoms with van der Waals surface area (Å²) >= 11 is 11.9. The van der Waals surface area contributed by atoms with E-state index in [-0.39, 0.29) is 6.42 Å². The van der Waals surface area contributed by atoms with E-state index >= 15 is 0 Å². The Hall–Kier alpha value is -2.55. The molecule has 5 nitrogen and oxygen atoms in total. The molecule has 0 spiro atoms. The van der Waals surface area contributed by atoms with Gasteiger partial charge in [-0.25, -0.2) is 0 Å². The largest absolute Gasteiger partial charge is 0.453 e. The van der Waals surface area contributed by atoms with Crippen LogP contribution >= 0.6 is 23.2 Å². The van der Waals surface area contributed by atoms with Crippen molar-refractivity contribution in [2.24, 2.45) is 0 Å². The maximum atomic E-state index is 12.1. The number of nitrogens with one attached hydrogen (secondary N) is 1. The summed E-state index contributed by atoms with van der Waals surface area (Å²) in [6.07, 6.45) is -0.390. The van der Waals surface area contributed by atoms with Crippen LogP contribution in [0, 0.1) is 11.3 Å². The van der Waals surface area contributed by atoms with Crippen molar-refractivity contribution in [2.75, 3.05) is 5.32 Å². The first-order valence-electron chi connectivity index (χ1n) is 7.83. The summed E-state index contributed by atoms with van der Waals surface area (Å²) in [7, 11) is 0. The summed E-state index contributed by atoms with van der Waals surface area (Å²) in [5.41, 5.74) is 1.81. The lowest BCUT2D eigenvalue weighted by Crippen LogP contribution is -2.30. The molecule has 0 aliphatic carbocycles. The number of aryl methyl sites for hydroxylation is 1. The number of esters is 1. The molecule has 7 heteroatoms. The van der Waals surface area contributed by atoms with Crippen molar-refractivity contribution in [3.05, 3.63) is 63.6 Å². The van der Waals surface area contributed by atoms with Gasteiger partial charge in [0.05, 0.1) is 22.3 Å². The average Bonchev–Trinajstić information content (AvgIpc) is 2.63. The third kappa shape index (κ3) is 5.76. The second-order valence-electron chi connectivity index (χ2n) is 5.55. The number of anilines is 1. The topological polar surface area (TPSA) is 79.2 Å². The van der Waals surface area contributed by atoms with Crippen molar-refractivity contribution >= 4 is 40.8 Å². The number of hydrogen-bond acceptors (Lipinski definition) is 4. The summed E-state index contributed by atoms with van der Waals surface area (Å²) in [6.45, 7) is 1.48. The van der Waals surface area contributed by atoms with E-state index in [1.54, 1.807) is 36.4 Å². The normalized spacial score (nSPS) is 11.3. The first kappa shape index (κ1) is 19.8. The number of nitrogens with zero attached hydrogens (tertiary/aromatic N) is 1. The lowest BCUT2D eigenvalue weighted by atomic mass is 10.1. The first-order chi connectivity index (χ1) is 12.4. The minimum absolute atomic E-state index is 0.126. The maximum absolute atomic E-state index is 12.1. The Bertz CT molecular complexity index is 845. The smallest absolute Gasteiger partial charge is 0.306 e. The number of amides is 1. The Morgan fingerprint density at radius 1 is 1.19 bits per heavy atom. The Kier molecular flexibility index (Phi) is 7.02. The molecule has 2 rings (SSSR count). The van der Waals surface area contributed by atoms with Crippen LogP contribution in [0.4, 0.5) is 5.69 Å². The highest BCUT2D eigenvalue weighted by Crippen LogP contribution is 2.25. The van der Waals surface area contributed by atoms with Crippen molar-refractivity contribution < 1.29 is 14.3 Å². The molecule has 0 saturated carbocycles. The number of rotatable bonds is 6. The summed E-state index contributed by atoms with van der Waals surface area (Å²) in [5, 5.41) is 12.1. The predicted octanol–water partition coefficient (Wildman–Crippen LogP) is 4.37. The molecule has 1 amide bonds. The van der Waals surface area contributed by atoms with Crippen molar-refractivity contribution in [1.29, 1.82) is 5.26 Å². The number of carbonyl (C=O) groups excluding carboxylic acids is 2. The lowest BCUT2D eigenvalue weighted by Gasteiger charge is -2.14. The molecule has 0 bridgehead atoms. The van der Waals surface area contributed by atoms with Gasteiger partial charge in [-0.1, -0.05) is 35.3 Å². The van der Waals surface area contributed by atoms with Crippen molar-refractivity contribution in [3.63, 3.8) is 0 Å². The predicted molar refractivity (Wildman–Crippen MR) is 100 cm³/mol. The molecular formula is C19H16Cl2N2O3. The minimum Gasteiger partial charge on any atom is -0.453 e. The van der Waals surface area contributed by atoms with Crippen LogP contribution in [0.2, 0.25) is 10.0 Å². The Morgan fingerprint density at radius 3 is 2.54 bits per heavy atom. The second kappa shape index (κ2) is 9.23. The van der Waals surface area contributed by atoms with E-state index in [4.69, 9.17) is 33.2 Å². The monoisotopic (exact) mass is 390 g/mol. The Labute approximate surface area is 161 Å². The maximum Gasteiger partial charge on any atom is 0.306 e. The third-order valence-corrected chi connectivity index (χ3v) is 4.13. The zero-order valence-corrected chi connectivity index (χ0v) is 15.5. The van der Waals surface area contributed by atoms with Gasteiger partial charge in [-0.3, -0.25) is 9.59 Å². The fourth-order valence-corrected chi connectivity index (χ4v) is 2.47. The van der Waals surface area contributed by atoms with Gasteiger partial charge in [0.15, 0.2) is 6.10 Å². The first-order valence-corrected chi connectivity index (χ1v) is 8.59. The molecular weight excluding hydrogens is 375 g/mol. The molecule has 0 fully saturated rings. The van der Waals surface area contributed by atoms with Crippen molar-refractivity contribution in [2.45, 2.75) is 25.9 Å². The highest BCUT2D eigenvalue weighted by atomic mass is 35.5. The van der Waals surface area contributed by atoms with Gasteiger partial charge in [0.2, 0.25) is 0 Å². The molecule has 1 atom stereocenters. The van der Waals surface area contributed by atoms with Crippen LogP contribution in [0.1, 0.15) is 24.5 Å². The molecule has 0 aliphatic rings. The molecule has 1 N–H and O–H groups in total. The Balaban J connectivity index is 1.84. The SMILES string of the molecule is CC(OC(=O)CCc1ccc(C#N)cc1)C(=O)Nc1cc(Cl)ccc1Cl. The van der Waals surface area contributed by atoms with Crippen LogP contribution in [0.25, 0.3) is 0 Å². The molecule has 1 unspecified atom stereocenters. The van der Waals surface area contributed by atoms with Crippen molar-refractivity contribution in [1.82, 2.24) is 0 Å². The molecule has 0 heterocycles. The molecule has 2 aromatic rings. The number of halogens is 2. The van der Waals surface area contributed by atoms with Crippen LogP contribution in [0.5, 0.6) is 0 Å². The van der Waals surface area contributed by atoms with Crippen LogP contribution < -0.4 is 5.32 Å². The molecule has 0 saturated heterocycles. The van der Waals surface area contributed by atoms with Crippen molar-refractivity contribution in [3.8, 4) is 6.07 Å². The lowest BCUT2D eigenvalue weighted by molar-refractivity contribution is -0.153. The summed E-state index contributed by atoms with van der Waals surface area (Å²) in [5.74, 6) is -0.991. The van der Waals surface area contributed by atoms with Gasteiger partial charge in [0.25, 0.3) is 5.91 Å². The van der Waals surface area contributed by atoms with Gasteiger partial charge < -0.3 is 10.1 Å². The standard InChI is InChI=1S/C19H16Cl2N2O3/c1-12(19(25)23-17-10-15(20)7-8-16(17)21)26-18(24)9-6-13-2-4-14(11-22)5-3-13/h2-5,7-8,10,12H,6,9H2,1H3,(H,23,25). The average molecular weight is 391 g/mol. The van der Waals surface area contributed by atoms with E-state index in [1.807, 2.05) is 6.07 Å². The second-order valence-corrected chi connectivity index (χ2v) is 6.40. The third-order valence-electron chi connectivity index (χ3n) is 3.56. The number of nitriles is 1. The summed E-state index contributed by atoms with van der Waals surface area (Å²) in [4.78, 5) is 24.1. The van der Waals surface area contributed by atoms with Crippen LogP contribution in [-0.4, -0.2) is 18.0 Å². The van der Waals surface area contributed by atoms with Crippen LogP contribution in [0.3, 0.4) is 0 Å². The Morgan fingerprint density at radius 2 is 1.88 bits per heavy atom. The number of hydrogen-bond donors (Lipinski definition) is 1. The van der Waals surface area contributed by atoms with E-state index in [0.717, 1.165) is 5.56 Å². The van der Waals surface area contributed by atoms with E-state index in [9.17, 15) is 9.59 Å². The van der Waals surface area contributed by atoms with Gasteiger partial charge in [0, 0.05) is 11.4 Å². The number of carbonyl (C=O) groups is 2. The van der Waals surface area contributed by atoms with Gasteiger partial charge in [-0.15, -0.1) is 0 Å². The van der Waals surface area contributed by atoms with Crippen LogP contribution in [0.15, 0.2) is 42.5 Å². The van der Waals surface area contributed by atoms with E-state index in [0.29, 0.717) is 27.7 Å². The minimum atomic E-state index is -0.974. The fourth-order valence-electron chi connectivity index (χ4n) is 2.13. The quantitative estimate of drug-likeness (QED) is 0.742. The summed E-state index contributed by atoms with van der Waals surface area (Å²) < 4.78 is 5.14. The van der Waals surface area contributed by atoms with E-state index in [2.05, 4.69) is 5.32 Å². The highest BCUT2D eigenvalue weighted by Gasteiger charge is 2.19. The zero-order valence-electron chi connectivity index (χ0n) is 14.0. The molecule has 0 aliphatic heterocycles. The van der Waals surface area contributed by atoms with Gasteiger partial charge in [-0.05, 0) is 49.2 Å². The van der Waals surface area contributed by atoms with E-state index < -0.39 is 18.0 Å².